The molecule has 0 aromatic heterocycles. The minimum Gasteiger partial charge on any atom is -0.832 e. The first-order chi connectivity index (χ1) is 1.73. The first-order valence-corrected chi connectivity index (χ1v) is 0.752. The van der Waals surface area contributed by atoms with E-state index in [1.165, 1.54) is 0 Å². The minimum atomic E-state index is -2.42. The Bertz CT molecular complexity index is 14.0. The van der Waals surface area contributed by atoms with Crippen LogP contribution in [0.15, 0.2) is 0 Å². The zero-order valence-electron chi connectivity index (χ0n) is 5.38. The molecule has 0 spiro atoms. The largest absolute Gasteiger partial charge is 1.00 e. The topological polar surface area (TPSA) is 221 Å². The number of hydrogen-bond donors (Lipinski definition) is 2. The van der Waals surface area contributed by atoms with Crippen molar-refractivity contribution in [1.82, 2.24) is 0 Å². The average molecular weight is 174 g/mol. The third-order valence-electron chi connectivity index (χ3n) is 0. The van der Waals surface area contributed by atoms with Crippen LogP contribution in [0, 0.1) is 0 Å². The summed E-state index contributed by atoms with van der Waals surface area (Å²) in [4.78, 5) is 0. The molecule has 0 aliphatic carbocycles. The van der Waals surface area contributed by atoms with Crippen molar-refractivity contribution >= 4 is 7.32 Å². The third-order valence-corrected chi connectivity index (χ3v) is 0. The molecule has 0 aliphatic heterocycles. The molecule has 0 heterocycles. The number of rotatable bonds is 0. The van der Waals surface area contributed by atoms with Crippen molar-refractivity contribution in [2.24, 2.45) is 0 Å². The van der Waals surface area contributed by atoms with Crippen molar-refractivity contribution in [1.29, 1.82) is 0 Å². The fourth-order valence-electron chi connectivity index (χ4n) is 0. The average Bonchev–Trinajstić information content (AvgIpc) is 0.811. The Morgan fingerprint density at radius 3 is 0.800 bits per heavy atom. The molecule has 10 heteroatoms. The van der Waals surface area contributed by atoms with Gasteiger partial charge >= 0.3 is 36.9 Å². The molecule has 0 aromatic carbocycles. The van der Waals surface area contributed by atoms with E-state index in [-0.39, 0.29) is 56.9 Å². The SMILES string of the molecule is O.O.O.O.O.[Na+].[O-]B(O)O. The molecule has 0 saturated carbocycles. The van der Waals surface area contributed by atoms with E-state index >= 15 is 0 Å². The molecule has 0 saturated heterocycles. The fourth-order valence-corrected chi connectivity index (χ4v) is 0. The molecule has 0 unspecified atom stereocenters. The van der Waals surface area contributed by atoms with Crippen molar-refractivity contribution in [3.8, 4) is 0 Å². The van der Waals surface area contributed by atoms with Gasteiger partial charge in [-0.05, 0) is 0 Å². The molecule has 10 heavy (non-hydrogen) atoms. The van der Waals surface area contributed by atoms with E-state index in [1.54, 1.807) is 0 Å². The molecule has 0 radical (unpaired) electrons. The Labute approximate surface area is 79.5 Å². The molecule has 0 rings (SSSR count). The molecule has 64 valence electrons. The van der Waals surface area contributed by atoms with Gasteiger partial charge in [-0.15, -0.1) is 0 Å². The standard InChI is InChI=1S/BH2O3.Na.5H2O/c2-1(3)4;;;;;;/h2-3H;;5*1H2/q-1;+1;;;;;. The van der Waals surface area contributed by atoms with E-state index < -0.39 is 7.32 Å². The second kappa shape index (κ2) is 53.1. The first kappa shape index (κ1) is 72.8. The Kier molecular flexibility index (Phi) is 387. The van der Waals surface area contributed by atoms with E-state index in [9.17, 15) is 0 Å². The van der Waals surface area contributed by atoms with E-state index in [0.717, 1.165) is 0 Å². The number of hydrogen-bond acceptors (Lipinski definition) is 3. The molecule has 0 fully saturated rings. The smallest absolute Gasteiger partial charge is 0.832 e. The van der Waals surface area contributed by atoms with Crippen LogP contribution in [0.4, 0.5) is 0 Å². The Morgan fingerprint density at radius 2 is 0.800 bits per heavy atom. The van der Waals surface area contributed by atoms with Crippen LogP contribution < -0.4 is 34.6 Å². The van der Waals surface area contributed by atoms with Crippen molar-refractivity contribution in [2.45, 2.75) is 0 Å². The van der Waals surface area contributed by atoms with Crippen LogP contribution in [0.2, 0.25) is 0 Å². The van der Waals surface area contributed by atoms with Gasteiger partial charge in [0.2, 0.25) is 0 Å². The molecular weight excluding hydrogens is 162 g/mol. The monoisotopic (exact) mass is 174 g/mol. The molecule has 0 bridgehead atoms. The van der Waals surface area contributed by atoms with Crippen molar-refractivity contribution in [3.05, 3.63) is 0 Å². The molecule has 0 aromatic rings. The van der Waals surface area contributed by atoms with Crippen LogP contribution in [0.1, 0.15) is 0 Å². The maximum atomic E-state index is 8.64. The molecule has 12 N–H and O–H groups in total. The summed E-state index contributed by atoms with van der Waals surface area (Å²) < 4.78 is 0. The van der Waals surface area contributed by atoms with Crippen LogP contribution in [0.25, 0.3) is 0 Å². The molecule has 8 nitrogen and oxygen atoms in total. The molecule has 0 atom stereocenters. The maximum Gasteiger partial charge on any atom is 1.00 e. The summed E-state index contributed by atoms with van der Waals surface area (Å²) in [6.07, 6.45) is 0. The summed E-state index contributed by atoms with van der Waals surface area (Å²) in [6.45, 7) is 0. The van der Waals surface area contributed by atoms with Crippen LogP contribution >= 0.6 is 0 Å². The Hall–Kier alpha value is 0.745. The van der Waals surface area contributed by atoms with Crippen LogP contribution in [-0.4, -0.2) is 44.8 Å². The summed E-state index contributed by atoms with van der Waals surface area (Å²) in [6, 6.07) is 0. The molecular formula is H12BNaO8. The molecule has 0 amide bonds. The fraction of sp³-hybridized carbons (Fsp3) is 0. The quantitative estimate of drug-likeness (QED) is 0.341. The van der Waals surface area contributed by atoms with Crippen molar-refractivity contribution in [2.75, 3.05) is 0 Å². The van der Waals surface area contributed by atoms with Gasteiger partial charge in [0.25, 0.3) is 0 Å². The Morgan fingerprint density at radius 1 is 0.800 bits per heavy atom. The van der Waals surface area contributed by atoms with Gasteiger partial charge in [0.1, 0.15) is 0 Å². The van der Waals surface area contributed by atoms with E-state index in [2.05, 4.69) is 0 Å². The van der Waals surface area contributed by atoms with Gasteiger partial charge in [0, 0.05) is 0 Å². The third kappa shape index (κ3) is 945. The maximum absolute atomic E-state index is 8.64. The van der Waals surface area contributed by atoms with E-state index in [1.807, 2.05) is 0 Å². The van der Waals surface area contributed by atoms with Crippen molar-refractivity contribution in [3.63, 3.8) is 0 Å². The van der Waals surface area contributed by atoms with E-state index in [0.29, 0.717) is 0 Å². The summed E-state index contributed by atoms with van der Waals surface area (Å²) in [5, 5.41) is 22.8. The first-order valence-electron chi connectivity index (χ1n) is 0.752. The zero-order valence-corrected chi connectivity index (χ0v) is 7.38. The summed E-state index contributed by atoms with van der Waals surface area (Å²) in [7, 11) is -2.42. The van der Waals surface area contributed by atoms with E-state index in [4.69, 9.17) is 15.1 Å². The van der Waals surface area contributed by atoms with Gasteiger partial charge in [-0.1, -0.05) is 0 Å². The van der Waals surface area contributed by atoms with Crippen LogP contribution in [0.3, 0.4) is 0 Å². The second-order valence-corrected chi connectivity index (χ2v) is 0.326. The predicted molar refractivity (Wildman–Crippen MR) is 28.3 cm³/mol. The summed E-state index contributed by atoms with van der Waals surface area (Å²) in [5.74, 6) is 0. The summed E-state index contributed by atoms with van der Waals surface area (Å²) >= 11 is 0. The van der Waals surface area contributed by atoms with Crippen LogP contribution in [-0.2, 0) is 0 Å². The van der Waals surface area contributed by atoms with Gasteiger partial charge in [0.15, 0.2) is 0 Å². The second-order valence-electron chi connectivity index (χ2n) is 0.326. The van der Waals surface area contributed by atoms with Crippen LogP contribution in [0.5, 0.6) is 0 Å². The predicted octanol–water partition coefficient (Wildman–Crippen LogP) is -9.80. The van der Waals surface area contributed by atoms with Gasteiger partial charge in [-0.25, -0.2) is 0 Å². The Balaban J connectivity index is -0.00000000300. The zero-order chi connectivity index (χ0) is 3.58. The summed E-state index contributed by atoms with van der Waals surface area (Å²) in [5.41, 5.74) is 0. The molecule has 0 aliphatic rings. The normalized spacial score (nSPS) is 2.70. The van der Waals surface area contributed by atoms with Crippen molar-refractivity contribution < 1.29 is 72.0 Å². The van der Waals surface area contributed by atoms with Gasteiger partial charge in [0.05, 0.1) is 0 Å². The van der Waals surface area contributed by atoms with Gasteiger partial charge in [-0.2, -0.15) is 0 Å². The minimum absolute atomic E-state index is 0. The van der Waals surface area contributed by atoms with Gasteiger partial charge < -0.3 is 42.5 Å². The van der Waals surface area contributed by atoms with Gasteiger partial charge in [-0.3, -0.25) is 0 Å².